The van der Waals surface area contributed by atoms with Crippen LogP contribution in [0.4, 0.5) is 4.39 Å². The topological polar surface area (TPSA) is 40.5 Å². The fourth-order valence-corrected chi connectivity index (χ4v) is 2.73. The van der Waals surface area contributed by atoms with Crippen LogP contribution in [0.25, 0.3) is 10.8 Å². The highest BCUT2D eigenvalue weighted by Crippen LogP contribution is 2.28. The summed E-state index contributed by atoms with van der Waals surface area (Å²) in [5, 5.41) is 12.0. The summed E-state index contributed by atoms with van der Waals surface area (Å²) < 4.78 is 13.1. The SMILES string of the molecule is CC(c1ccc(F)cc1)N(C)C(=O)c1cc2ccccc2cc1O. The number of aromatic hydroxyl groups is 1. The molecule has 0 aliphatic rings. The van der Waals surface area contributed by atoms with Gasteiger partial charge in [0.25, 0.3) is 5.91 Å². The Hall–Kier alpha value is -2.88. The molecule has 3 aromatic rings. The maximum absolute atomic E-state index is 13.1. The van der Waals surface area contributed by atoms with Gasteiger partial charge in [0.05, 0.1) is 11.6 Å². The van der Waals surface area contributed by atoms with E-state index in [1.54, 1.807) is 31.3 Å². The van der Waals surface area contributed by atoms with Crippen molar-refractivity contribution in [1.82, 2.24) is 4.90 Å². The number of hydrogen-bond donors (Lipinski definition) is 1. The largest absolute Gasteiger partial charge is 0.507 e. The van der Waals surface area contributed by atoms with Gasteiger partial charge >= 0.3 is 0 Å². The van der Waals surface area contributed by atoms with Gasteiger partial charge in [0.1, 0.15) is 11.6 Å². The zero-order valence-electron chi connectivity index (χ0n) is 13.5. The van der Waals surface area contributed by atoms with E-state index < -0.39 is 0 Å². The molecule has 0 aliphatic carbocycles. The van der Waals surface area contributed by atoms with Crippen LogP contribution in [0.15, 0.2) is 60.7 Å². The summed E-state index contributed by atoms with van der Waals surface area (Å²) in [6.45, 7) is 1.86. The van der Waals surface area contributed by atoms with Crippen LogP contribution < -0.4 is 0 Å². The first-order valence-corrected chi connectivity index (χ1v) is 7.72. The number of rotatable bonds is 3. The smallest absolute Gasteiger partial charge is 0.257 e. The van der Waals surface area contributed by atoms with Crippen molar-refractivity contribution in [2.24, 2.45) is 0 Å². The highest BCUT2D eigenvalue weighted by molar-refractivity contribution is 6.01. The first-order chi connectivity index (χ1) is 11.5. The average molecular weight is 323 g/mol. The van der Waals surface area contributed by atoms with Gasteiger partial charge in [0.15, 0.2) is 0 Å². The van der Waals surface area contributed by atoms with E-state index in [-0.39, 0.29) is 29.1 Å². The Balaban J connectivity index is 1.93. The van der Waals surface area contributed by atoms with Gasteiger partial charge in [0, 0.05) is 7.05 Å². The monoisotopic (exact) mass is 323 g/mol. The summed E-state index contributed by atoms with van der Waals surface area (Å²) >= 11 is 0. The number of phenols is 1. The minimum absolute atomic E-state index is 0.0446. The molecule has 0 bridgehead atoms. The number of carbonyl (C=O) groups excluding carboxylic acids is 1. The summed E-state index contributed by atoms with van der Waals surface area (Å²) in [6, 6.07) is 16.7. The minimum atomic E-state index is -0.313. The number of nitrogens with zero attached hydrogens (tertiary/aromatic N) is 1. The highest BCUT2D eigenvalue weighted by Gasteiger charge is 2.22. The molecular weight excluding hydrogens is 305 g/mol. The fraction of sp³-hybridized carbons (Fsp3) is 0.150. The number of halogens is 1. The van der Waals surface area contributed by atoms with Crippen LogP contribution in [-0.2, 0) is 0 Å². The molecule has 0 radical (unpaired) electrons. The first kappa shape index (κ1) is 16.0. The van der Waals surface area contributed by atoms with E-state index in [0.717, 1.165) is 16.3 Å². The molecule has 0 fully saturated rings. The maximum Gasteiger partial charge on any atom is 0.257 e. The van der Waals surface area contributed by atoms with Crippen molar-refractivity contribution in [3.8, 4) is 5.75 Å². The third-order valence-electron chi connectivity index (χ3n) is 4.35. The van der Waals surface area contributed by atoms with Crippen LogP contribution in [0.1, 0.15) is 28.9 Å². The van der Waals surface area contributed by atoms with Crippen molar-refractivity contribution in [3.05, 3.63) is 77.6 Å². The van der Waals surface area contributed by atoms with Crippen molar-refractivity contribution in [1.29, 1.82) is 0 Å². The van der Waals surface area contributed by atoms with E-state index in [4.69, 9.17) is 0 Å². The molecule has 0 saturated carbocycles. The van der Waals surface area contributed by atoms with Gasteiger partial charge in [-0.05, 0) is 47.5 Å². The van der Waals surface area contributed by atoms with Crippen LogP contribution in [0.3, 0.4) is 0 Å². The molecule has 0 spiro atoms. The van der Waals surface area contributed by atoms with E-state index in [1.807, 2.05) is 31.2 Å². The standard InChI is InChI=1S/C20H18FNO2/c1-13(14-7-9-17(21)10-8-14)22(2)20(24)18-11-15-5-3-4-6-16(15)12-19(18)23/h3-13,23H,1-2H3. The molecule has 4 heteroatoms. The Labute approximate surface area is 140 Å². The predicted molar refractivity (Wildman–Crippen MR) is 92.5 cm³/mol. The van der Waals surface area contributed by atoms with Crippen LogP contribution in [-0.4, -0.2) is 23.0 Å². The lowest BCUT2D eigenvalue weighted by Crippen LogP contribution is -2.29. The van der Waals surface area contributed by atoms with Gasteiger partial charge in [-0.15, -0.1) is 0 Å². The normalized spacial score (nSPS) is 12.1. The number of amides is 1. The highest BCUT2D eigenvalue weighted by atomic mass is 19.1. The number of phenolic OH excluding ortho intramolecular Hbond substituents is 1. The van der Waals surface area contributed by atoms with Gasteiger partial charge < -0.3 is 10.0 Å². The summed E-state index contributed by atoms with van der Waals surface area (Å²) in [5.74, 6) is -0.640. The molecule has 1 unspecified atom stereocenters. The molecule has 0 heterocycles. The lowest BCUT2D eigenvalue weighted by Gasteiger charge is -2.26. The van der Waals surface area contributed by atoms with E-state index in [0.29, 0.717) is 0 Å². The molecule has 0 saturated heterocycles. The van der Waals surface area contributed by atoms with Crippen LogP contribution in [0.5, 0.6) is 5.75 Å². The lowest BCUT2D eigenvalue weighted by atomic mass is 10.0. The Bertz CT molecular complexity index is 890. The van der Waals surface area contributed by atoms with Gasteiger partial charge in [-0.3, -0.25) is 4.79 Å². The molecule has 3 rings (SSSR count). The summed E-state index contributed by atoms with van der Waals surface area (Å²) in [5.41, 5.74) is 1.08. The fourth-order valence-electron chi connectivity index (χ4n) is 2.73. The Morgan fingerprint density at radius 3 is 2.25 bits per heavy atom. The second-order valence-corrected chi connectivity index (χ2v) is 5.86. The van der Waals surface area contributed by atoms with E-state index in [1.165, 1.54) is 17.0 Å². The Kier molecular flexibility index (Phi) is 4.21. The molecule has 122 valence electrons. The molecule has 1 atom stereocenters. The zero-order valence-corrected chi connectivity index (χ0v) is 13.5. The second-order valence-electron chi connectivity index (χ2n) is 5.86. The van der Waals surface area contributed by atoms with Gasteiger partial charge in [-0.2, -0.15) is 0 Å². The van der Waals surface area contributed by atoms with Gasteiger partial charge in [-0.1, -0.05) is 36.4 Å². The number of hydrogen-bond acceptors (Lipinski definition) is 2. The second kappa shape index (κ2) is 6.32. The molecule has 0 aliphatic heterocycles. The van der Waals surface area contributed by atoms with Crippen molar-refractivity contribution >= 4 is 16.7 Å². The third kappa shape index (κ3) is 2.95. The van der Waals surface area contributed by atoms with Gasteiger partial charge in [-0.25, -0.2) is 4.39 Å². The molecule has 24 heavy (non-hydrogen) atoms. The van der Waals surface area contributed by atoms with Gasteiger partial charge in [0.2, 0.25) is 0 Å². The lowest BCUT2D eigenvalue weighted by molar-refractivity contribution is 0.0740. The number of benzene rings is 3. The van der Waals surface area contributed by atoms with Crippen molar-refractivity contribution in [3.63, 3.8) is 0 Å². The minimum Gasteiger partial charge on any atom is -0.507 e. The van der Waals surface area contributed by atoms with Crippen molar-refractivity contribution in [2.75, 3.05) is 7.05 Å². The van der Waals surface area contributed by atoms with Crippen LogP contribution in [0, 0.1) is 5.82 Å². The average Bonchev–Trinajstić information content (AvgIpc) is 2.60. The van der Waals surface area contributed by atoms with Crippen LogP contribution >= 0.6 is 0 Å². The Morgan fingerprint density at radius 2 is 1.62 bits per heavy atom. The molecule has 1 amide bonds. The molecular formula is C20H18FNO2. The third-order valence-corrected chi connectivity index (χ3v) is 4.35. The summed E-state index contributed by atoms with van der Waals surface area (Å²) in [7, 11) is 1.67. The van der Waals surface area contributed by atoms with Crippen molar-refractivity contribution in [2.45, 2.75) is 13.0 Å². The maximum atomic E-state index is 13.1. The number of fused-ring (bicyclic) bond motifs is 1. The zero-order chi connectivity index (χ0) is 17.3. The van der Waals surface area contributed by atoms with E-state index >= 15 is 0 Å². The molecule has 0 aromatic heterocycles. The number of carbonyl (C=O) groups is 1. The van der Waals surface area contributed by atoms with E-state index in [2.05, 4.69) is 0 Å². The quantitative estimate of drug-likeness (QED) is 0.770. The van der Waals surface area contributed by atoms with Crippen molar-refractivity contribution < 1.29 is 14.3 Å². The molecule has 1 N–H and O–H groups in total. The predicted octanol–water partition coefficient (Wildman–Crippen LogP) is 4.52. The first-order valence-electron chi connectivity index (χ1n) is 7.72. The molecule has 3 nitrogen and oxygen atoms in total. The molecule has 3 aromatic carbocycles. The summed E-state index contributed by atoms with van der Waals surface area (Å²) in [6.07, 6.45) is 0. The Morgan fingerprint density at radius 1 is 1.04 bits per heavy atom. The van der Waals surface area contributed by atoms with Crippen LogP contribution in [0.2, 0.25) is 0 Å². The van der Waals surface area contributed by atoms with E-state index in [9.17, 15) is 14.3 Å². The summed E-state index contributed by atoms with van der Waals surface area (Å²) in [4.78, 5) is 14.3.